The predicted octanol–water partition coefficient (Wildman–Crippen LogP) is 4.08. The van der Waals surface area contributed by atoms with Crippen LogP contribution in [-0.4, -0.2) is 9.89 Å². The number of thiophene rings is 1. The van der Waals surface area contributed by atoms with Crippen molar-refractivity contribution in [2.45, 2.75) is 13.1 Å². The first-order chi connectivity index (χ1) is 5.89. The molecule has 0 aliphatic rings. The van der Waals surface area contributed by atoms with Gasteiger partial charge in [-0.3, -0.25) is 0 Å². The first kappa shape index (κ1) is 11.0. The molecule has 0 unspecified atom stereocenters. The van der Waals surface area contributed by atoms with Crippen LogP contribution in [0.2, 0.25) is 0 Å². The molecule has 1 heterocycles. The van der Waals surface area contributed by atoms with Gasteiger partial charge in [-0.2, -0.15) is 13.2 Å². The average molecular weight is 319 g/mol. The molecule has 0 fully saturated rings. The summed E-state index contributed by atoms with van der Waals surface area (Å²) in [6.07, 6.45) is -4.33. The van der Waals surface area contributed by atoms with E-state index in [9.17, 15) is 13.2 Å². The minimum atomic E-state index is -4.33. The van der Waals surface area contributed by atoms with E-state index in [1.54, 1.807) is 11.4 Å². The zero-order chi connectivity index (χ0) is 10.1. The van der Waals surface area contributed by atoms with Crippen molar-refractivity contribution in [1.29, 1.82) is 0 Å². The van der Waals surface area contributed by atoms with Crippen molar-refractivity contribution < 1.29 is 13.2 Å². The normalized spacial score (nSPS) is 13.5. The lowest BCUT2D eigenvalue weighted by Gasteiger charge is -2.01. The molecule has 0 N–H and O–H groups in total. The molecule has 0 aliphatic carbocycles. The van der Waals surface area contributed by atoms with Crippen LogP contribution in [0.1, 0.15) is 5.56 Å². The molecule has 1 rings (SSSR count). The van der Waals surface area contributed by atoms with Crippen LogP contribution in [0.3, 0.4) is 0 Å². The Labute approximate surface area is 90.8 Å². The van der Waals surface area contributed by atoms with Gasteiger partial charge in [0.05, 0.1) is 0 Å². The van der Waals surface area contributed by atoms with Gasteiger partial charge in [0.1, 0.15) is 5.00 Å². The molecule has 0 saturated carbocycles. The summed E-state index contributed by atoms with van der Waals surface area (Å²) in [5, 5.41) is 2.15. The summed E-state index contributed by atoms with van der Waals surface area (Å²) < 4.78 is 35.2. The van der Waals surface area contributed by atoms with Crippen LogP contribution in [0.5, 0.6) is 0 Å². The highest BCUT2D eigenvalue weighted by molar-refractivity contribution is 14.1. The number of hydrogen-bond acceptors (Lipinski definition) is 2. The zero-order valence-corrected chi connectivity index (χ0v) is 9.50. The summed E-state index contributed by atoms with van der Waals surface area (Å²) in [4.78, 5) is 3.45. The van der Waals surface area contributed by atoms with Crippen molar-refractivity contribution in [1.82, 2.24) is 0 Å². The van der Waals surface area contributed by atoms with E-state index >= 15 is 0 Å². The van der Waals surface area contributed by atoms with Crippen molar-refractivity contribution in [3.63, 3.8) is 0 Å². The highest BCUT2D eigenvalue weighted by atomic mass is 127. The third-order valence-corrected chi connectivity index (χ3v) is 2.95. The van der Waals surface area contributed by atoms with Gasteiger partial charge >= 0.3 is 6.18 Å². The third-order valence-electron chi connectivity index (χ3n) is 1.16. The van der Waals surface area contributed by atoms with Crippen LogP contribution in [0, 0.1) is 6.92 Å². The molecule has 0 aliphatic heterocycles. The van der Waals surface area contributed by atoms with Gasteiger partial charge < -0.3 is 0 Å². The number of aliphatic imine (C=N–C) groups is 1. The maximum Gasteiger partial charge on any atom is 0.439 e. The second-order valence-electron chi connectivity index (χ2n) is 2.36. The Kier molecular flexibility index (Phi) is 3.33. The van der Waals surface area contributed by atoms with Crippen LogP contribution >= 0.6 is 33.9 Å². The molecule has 1 nitrogen and oxygen atoms in total. The molecule has 0 atom stereocenters. The molecular formula is C7H5F3INS. The lowest BCUT2D eigenvalue weighted by molar-refractivity contribution is -0.0544. The summed E-state index contributed by atoms with van der Waals surface area (Å²) in [6, 6.07) is 1.62. The third kappa shape index (κ3) is 3.26. The SMILES string of the molecule is Cc1csc(N=C(I)C(F)(F)F)c1. The predicted molar refractivity (Wildman–Crippen MR) is 56.2 cm³/mol. The van der Waals surface area contributed by atoms with Gasteiger partial charge in [-0.25, -0.2) is 4.99 Å². The Hall–Kier alpha value is -0.110. The Balaban J connectivity index is 2.89. The molecule has 0 saturated heterocycles. The summed E-state index contributed by atoms with van der Waals surface area (Å²) >= 11 is 2.39. The molecule has 13 heavy (non-hydrogen) atoms. The van der Waals surface area contributed by atoms with Gasteiger partial charge in [-0.05, 0) is 46.5 Å². The van der Waals surface area contributed by atoms with Crippen LogP contribution in [0.25, 0.3) is 0 Å². The second-order valence-corrected chi connectivity index (χ2v) is 4.27. The van der Waals surface area contributed by atoms with Crippen LogP contribution in [-0.2, 0) is 0 Å². The average Bonchev–Trinajstić information content (AvgIpc) is 2.33. The lowest BCUT2D eigenvalue weighted by Crippen LogP contribution is -2.15. The van der Waals surface area contributed by atoms with Crippen molar-refractivity contribution >= 4 is 42.6 Å². The Morgan fingerprint density at radius 3 is 2.54 bits per heavy atom. The molecule has 0 bridgehead atoms. The van der Waals surface area contributed by atoms with Gasteiger partial charge in [0.25, 0.3) is 0 Å². The van der Waals surface area contributed by atoms with Crippen molar-refractivity contribution in [3.05, 3.63) is 17.0 Å². The fraction of sp³-hybridized carbons (Fsp3) is 0.286. The van der Waals surface area contributed by atoms with E-state index in [-0.39, 0.29) is 0 Å². The maximum atomic E-state index is 12.0. The van der Waals surface area contributed by atoms with Gasteiger partial charge in [-0.15, -0.1) is 11.3 Å². The van der Waals surface area contributed by atoms with E-state index in [0.717, 1.165) is 5.56 Å². The van der Waals surface area contributed by atoms with Crippen LogP contribution in [0.4, 0.5) is 18.2 Å². The smallest absolute Gasteiger partial charge is 0.227 e. The zero-order valence-electron chi connectivity index (χ0n) is 6.52. The van der Waals surface area contributed by atoms with E-state index < -0.39 is 9.89 Å². The number of nitrogens with zero attached hydrogens (tertiary/aromatic N) is 1. The molecular weight excluding hydrogens is 314 g/mol. The highest BCUT2D eigenvalue weighted by Crippen LogP contribution is 2.28. The monoisotopic (exact) mass is 319 g/mol. The van der Waals surface area contributed by atoms with E-state index in [0.29, 0.717) is 5.00 Å². The molecule has 1 aromatic rings. The first-order valence-corrected chi connectivity index (χ1v) is 5.22. The van der Waals surface area contributed by atoms with Crippen molar-refractivity contribution in [3.8, 4) is 0 Å². The van der Waals surface area contributed by atoms with E-state index in [1.807, 2.05) is 6.92 Å². The molecule has 0 aromatic carbocycles. The van der Waals surface area contributed by atoms with Crippen LogP contribution < -0.4 is 0 Å². The summed E-state index contributed by atoms with van der Waals surface area (Å²) in [7, 11) is 0. The fourth-order valence-electron chi connectivity index (χ4n) is 0.635. The van der Waals surface area contributed by atoms with Gasteiger partial charge in [0.2, 0.25) is 0 Å². The standard InChI is InChI=1S/C7H5F3INS/c1-4-2-5(13-3-4)12-6(11)7(8,9)10/h2-3H,1H3. The van der Waals surface area contributed by atoms with Crippen LogP contribution in [0.15, 0.2) is 16.4 Å². The molecule has 0 amide bonds. The summed E-state index contributed by atoms with van der Waals surface area (Å²) in [6.45, 7) is 1.82. The van der Waals surface area contributed by atoms with Gasteiger partial charge in [0, 0.05) is 0 Å². The topological polar surface area (TPSA) is 12.4 Å². The quantitative estimate of drug-likeness (QED) is 0.546. The minimum Gasteiger partial charge on any atom is -0.227 e. The lowest BCUT2D eigenvalue weighted by atomic mass is 10.4. The number of aryl methyl sites for hydroxylation is 1. The number of halogens is 4. The van der Waals surface area contributed by atoms with Crippen molar-refractivity contribution in [2.75, 3.05) is 0 Å². The Morgan fingerprint density at radius 2 is 2.15 bits per heavy atom. The number of alkyl halides is 3. The number of hydrogen-bond donors (Lipinski definition) is 0. The summed E-state index contributed by atoms with van der Waals surface area (Å²) in [5.41, 5.74) is 0.926. The molecule has 0 spiro atoms. The minimum absolute atomic E-state index is 0.388. The highest BCUT2D eigenvalue weighted by Gasteiger charge is 2.33. The first-order valence-electron chi connectivity index (χ1n) is 3.26. The Morgan fingerprint density at radius 1 is 1.54 bits per heavy atom. The largest absolute Gasteiger partial charge is 0.439 e. The molecule has 6 heteroatoms. The number of rotatable bonds is 1. The summed E-state index contributed by atoms with van der Waals surface area (Å²) in [5.74, 6) is 0. The van der Waals surface area contributed by atoms with Crippen molar-refractivity contribution in [2.24, 2.45) is 4.99 Å². The van der Waals surface area contributed by atoms with E-state index in [1.165, 1.54) is 33.9 Å². The van der Waals surface area contributed by atoms with Gasteiger partial charge in [0.15, 0.2) is 3.72 Å². The van der Waals surface area contributed by atoms with Gasteiger partial charge in [-0.1, -0.05) is 0 Å². The maximum absolute atomic E-state index is 12.0. The second kappa shape index (κ2) is 3.95. The van der Waals surface area contributed by atoms with E-state index in [2.05, 4.69) is 4.99 Å². The Bertz CT molecular complexity index is 329. The fourth-order valence-corrected chi connectivity index (χ4v) is 1.83. The molecule has 1 aromatic heterocycles. The molecule has 0 radical (unpaired) electrons. The van der Waals surface area contributed by atoms with E-state index in [4.69, 9.17) is 0 Å². The molecule has 72 valence electrons.